The highest BCUT2D eigenvalue weighted by Crippen LogP contribution is 2.38. The predicted molar refractivity (Wildman–Crippen MR) is 139 cm³/mol. The molecule has 0 spiro atoms. The number of hydrogen-bond acceptors (Lipinski definition) is 7. The first kappa shape index (κ1) is 30.9. The van der Waals surface area contributed by atoms with Crippen molar-refractivity contribution in [1.29, 1.82) is 0 Å². The monoisotopic (exact) mass is 664 g/mol. The first-order valence-corrected chi connectivity index (χ1v) is 13.0. The molecule has 1 aromatic heterocycles. The number of nitro groups is 1. The van der Waals surface area contributed by atoms with E-state index in [4.69, 9.17) is 0 Å². The molecule has 0 aliphatic carbocycles. The third kappa shape index (κ3) is 6.69. The molecule has 2 aliphatic rings. The molecule has 2 aromatic rings. The van der Waals surface area contributed by atoms with Crippen LogP contribution in [0.3, 0.4) is 0 Å². The fourth-order valence-electron chi connectivity index (χ4n) is 4.74. The molecule has 42 heavy (non-hydrogen) atoms. The van der Waals surface area contributed by atoms with Crippen molar-refractivity contribution in [1.82, 2.24) is 19.7 Å². The molecule has 1 unspecified atom stereocenters. The van der Waals surface area contributed by atoms with E-state index < -0.39 is 96.0 Å². The van der Waals surface area contributed by atoms with Gasteiger partial charge in [-0.25, -0.2) is 8.78 Å². The summed E-state index contributed by atoms with van der Waals surface area (Å²) in [7, 11) is 0. The van der Waals surface area contributed by atoms with Gasteiger partial charge in [-0.3, -0.25) is 29.3 Å². The Hall–Kier alpha value is -4.09. The van der Waals surface area contributed by atoms with Crippen LogP contribution in [0.4, 0.5) is 33.3 Å². The zero-order valence-electron chi connectivity index (χ0n) is 21.6. The van der Waals surface area contributed by atoms with E-state index in [-0.39, 0.29) is 16.6 Å². The smallest absolute Gasteiger partial charge is 0.369 e. The fourth-order valence-corrected chi connectivity index (χ4v) is 5.19. The van der Waals surface area contributed by atoms with Gasteiger partial charge in [0.15, 0.2) is 0 Å². The van der Waals surface area contributed by atoms with Gasteiger partial charge in [-0.2, -0.15) is 13.2 Å². The zero-order valence-corrected chi connectivity index (χ0v) is 23.2. The summed E-state index contributed by atoms with van der Waals surface area (Å²) in [4.78, 5) is 65.9. The summed E-state index contributed by atoms with van der Waals surface area (Å²) in [6.45, 7) is -3.37. The Morgan fingerprint density at radius 3 is 2.43 bits per heavy atom. The number of pyridine rings is 1. The Morgan fingerprint density at radius 2 is 1.83 bits per heavy atom. The van der Waals surface area contributed by atoms with Gasteiger partial charge in [0.2, 0.25) is 11.5 Å². The third-order valence-corrected chi connectivity index (χ3v) is 7.09. The fraction of sp³-hybridized carbons (Fsp3) is 0.417. The second-order valence-electron chi connectivity index (χ2n) is 9.82. The van der Waals surface area contributed by atoms with Gasteiger partial charge in [0.1, 0.15) is 24.8 Å². The number of hydrogen-bond donors (Lipinski definition) is 2. The Bertz CT molecular complexity index is 1520. The SMILES string of the molecule is Cc1cc(C(=O)N2CC(Nc3c(C(=O)N4CCN(CC(F)(F)F)C(=O)C4)cc(Br)cc3[N+](=O)[O-])C(F)(F)C2)cc(=O)[nH]1. The van der Waals surface area contributed by atoms with Crippen LogP contribution in [0.15, 0.2) is 33.5 Å². The van der Waals surface area contributed by atoms with E-state index in [1.54, 1.807) is 0 Å². The van der Waals surface area contributed by atoms with Crippen LogP contribution >= 0.6 is 15.9 Å². The zero-order chi connectivity index (χ0) is 31.1. The Labute approximate surface area is 241 Å². The van der Waals surface area contributed by atoms with Crippen molar-refractivity contribution in [3.63, 3.8) is 0 Å². The molecular formula is C24H22BrF5N6O6. The Kier molecular flexibility index (Phi) is 8.30. The van der Waals surface area contributed by atoms with E-state index in [1.807, 2.05) is 0 Å². The number of piperazine rings is 1. The van der Waals surface area contributed by atoms with Crippen molar-refractivity contribution in [2.75, 3.05) is 44.6 Å². The quantitative estimate of drug-likeness (QED) is 0.274. The second-order valence-corrected chi connectivity index (χ2v) is 10.7. The lowest BCUT2D eigenvalue weighted by molar-refractivity contribution is -0.384. The number of nitrogens with one attached hydrogen (secondary N) is 2. The van der Waals surface area contributed by atoms with Gasteiger partial charge in [0.05, 0.1) is 17.0 Å². The van der Waals surface area contributed by atoms with Gasteiger partial charge in [-0.15, -0.1) is 0 Å². The van der Waals surface area contributed by atoms with Gasteiger partial charge < -0.3 is 25.0 Å². The number of carbonyl (C=O) groups excluding carboxylic acids is 3. The number of carbonyl (C=O) groups is 3. The molecule has 2 fully saturated rings. The molecule has 1 aromatic carbocycles. The number of amides is 3. The minimum absolute atomic E-state index is 0.0183. The first-order valence-electron chi connectivity index (χ1n) is 12.2. The number of nitrogens with zero attached hydrogens (tertiary/aromatic N) is 4. The van der Waals surface area contributed by atoms with E-state index in [9.17, 15) is 42.5 Å². The molecule has 226 valence electrons. The number of H-pyrrole nitrogens is 1. The summed E-state index contributed by atoms with van der Waals surface area (Å²) < 4.78 is 68.6. The number of aromatic nitrogens is 1. The number of rotatable bonds is 6. The lowest BCUT2D eigenvalue weighted by atomic mass is 10.1. The number of halogens is 6. The van der Waals surface area contributed by atoms with Crippen molar-refractivity contribution in [3.8, 4) is 0 Å². The summed E-state index contributed by atoms with van der Waals surface area (Å²) in [6, 6.07) is 2.38. The van der Waals surface area contributed by atoms with E-state index in [0.29, 0.717) is 10.6 Å². The van der Waals surface area contributed by atoms with E-state index in [0.717, 1.165) is 28.0 Å². The number of aryl methyl sites for hydroxylation is 1. The normalized spacial score (nSPS) is 18.8. The van der Waals surface area contributed by atoms with Gasteiger partial charge in [0.25, 0.3) is 23.4 Å². The van der Waals surface area contributed by atoms with Crippen molar-refractivity contribution >= 4 is 45.0 Å². The maximum Gasteiger partial charge on any atom is 0.406 e. The number of aromatic amines is 1. The number of benzene rings is 1. The Balaban J connectivity index is 1.62. The van der Waals surface area contributed by atoms with Crippen molar-refractivity contribution < 1.29 is 41.3 Å². The molecule has 3 amide bonds. The third-order valence-electron chi connectivity index (χ3n) is 6.63. The van der Waals surface area contributed by atoms with Crippen LogP contribution in [0, 0.1) is 17.0 Å². The van der Waals surface area contributed by atoms with Crippen molar-refractivity contribution in [2.24, 2.45) is 0 Å². The minimum atomic E-state index is -4.67. The highest BCUT2D eigenvalue weighted by atomic mass is 79.9. The van der Waals surface area contributed by atoms with Gasteiger partial charge >= 0.3 is 6.18 Å². The topological polar surface area (TPSA) is 149 Å². The predicted octanol–water partition coefficient (Wildman–Crippen LogP) is 2.77. The minimum Gasteiger partial charge on any atom is -0.369 e. The number of likely N-dealkylation sites (tertiary alicyclic amines) is 1. The summed E-state index contributed by atoms with van der Waals surface area (Å²) in [5.41, 5.74) is -2.33. The summed E-state index contributed by atoms with van der Waals surface area (Å²) in [6.07, 6.45) is -4.67. The van der Waals surface area contributed by atoms with Crippen LogP contribution in [-0.4, -0.2) is 99.7 Å². The first-order chi connectivity index (χ1) is 19.4. The Morgan fingerprint density at radius 1 is 1.14 bits per heavy atom. The highest BCUT2D eigenvalue weighted by molar-refractivity contribution is 9.10. The van der Waals surface area contributed by atoms with E-state index in [1.165, 1.54) is 13.0 Å². The lowest BCUT2D eigenvalue weighted by Gasteiger charge is -2.35. The lowest BCUT2D eigenvalue weighted by Crippen LogP contribution is -2.54. The highest BCUT2D eigenvalue weighted by Gasteiger charge is 2.51. The van der Waals surface area contributed by atoms with Crippen LogP contribution in [0.5, 0.6) is 0 Å². The molecule has 2 N–H and O–H groups in total. The molecule has 2 saturated heterocycles. The molecule has 18 heteroatoms. The summed E-state index contributed by atoms with van der Waals surface area (Å²) >= 11 is 3.03. The van der Waals surface area contributed by atoms with Crippen molar-refractivity contribution in [2.45, 2.75) is 25.1 Å². The maximum atomic E-state index is 15.2. The van der Waals surface area contributed by atoms with Crippen LogP contribution in [0.1, 0.15) is 26.4 Å². The second kappa shape index (κ2) is 11.3. The summed E-state index contributed by atoms with van der Waals surface area (Å²) in [5, 5.41) is 14.2. The molecule has 12 nitrogen and oxygen atoms in total. The largest absolute Gasteiger partial charge is 0.406 e. The molecule has 2 aliphatic heterocycles. The average molecular weight is 665 g/mol. The van der Waals surface area contributed by atoms with Gasteiger partial charge in [-0.1, -0.05) is 15.9 Å². The van der Waals surface area contributed by atoms with E-state index >= 15 is 8.78 Å². The molecule has 0 radical (unpaired) electrons. The number of alkyl halides is 5. The van der Waals surface area contributed by atoms with Gasteiger partial charge in [-0.05, 0) is 19.1 Å². The molecule has 0 bridgehead atoms. The number of nitro benzene ring substituents is 1. The molecule has 1 atom stereocenters. The van der Waals surface area contributed by atoms with Crippen LogP contribution < -0.4 is 10.9 Å². The molecule has 4 rings (SSSR count). The van der Waals surface area contributed by atoms with E-state index in [2.05, 4.69) is 26.2 Å². The van der Waals surface area contributed by atoms with Crippen LogP contribution in [0.2, 0.25) is 0 Å². The standard InChI is InChI=1S/C24H22BrF5N6O6/c1-12-4-13(5-18(37)31-12)21(39)35-8-17(23(26,27)10-35)32-20-15(6-14(25)7-16(20)36(41)42)22(40)33-2-3-34(19(38)9-33)11-24(28,29)30/h4-7,17,32H,2-3,8-11H2,1H3,(H,31,37). The molecule has 0 saturated carbocycles. The molecular weight excluding hydrogens is 643 g/mol. The number of anilines is 1. The maximum absolute atomic E-state index is 15.2. The van der Waals surface area contributed by atoms with Crippen LogP contribution in [-0.2, 0) is 4.79 Å². The van der Waals surface area contributed by atoms with Gasteiger partial charge in [0, 0.05) is 47.5 Å². The molecule has 3 heterocycles. The van der Waals surface area contributed by atoms with Crippen molar-refractivity contribution in [3.05, 3.63) is 66.0 Å². The summed E-state index contributed by atoms with van der Waals surface area (Å²) in [5.74, 6) is -6.57. The van der Waals surface area contributed by atoms with Crippen LogP contribution in [0.25, 0.3) is 0 Å². The average Bonchev–Trinajstić information content (AvgIpc) is 3.17.